The van der Waals surface area contributed by atoms with E-state index in [0.29, 0.717) is 43.8 Å². The molecule has 1 aromatic carbocycles. The SMILES string of the molecule is COc1cccc(C(C(=O)O)N2CCC(C(=O)NCCCc3ccc4c(n3)CCCC4)CC2)c1. The van der Waals surface area contributed by atoms with Crippen molar-refractivity contribution in [3.63, 3.8) is 0 Å². The highest BCUT2D eigenvalue weighted by Crippen LogP contribution is 2.29. The number of pyridine rings is 1. The van der Waals surface area contributed by atoms with Gasteiger partial charge >= 0.3 is 5.97 Å². The summed E-state index contributed by atoms with van der Waals surface area (Å²) >= 11 is 0. The molecular weight excluding hydrogens is 430 g/mol. The molecule has 1 fully saturated rings. The number of carbonyl (C=O) groups excluding carboxylic acids is 1. The van der Waals surface area contributed by atoms with Crippen molar-refractivity contribution in [2.75, 3.05) is 26.7 Å². The van der Waals surface area contributed by atoms with E-state index < -0.39 is 12.0 Å². The summed E-state index contributed by atoms with van der Waals surface area (Å²) in [6.07, 6.45) is 7.77. The van der Waals surface area contributed by atoms with Gasteiger partial charge in [0, 0.05) is 36.9 Å². The Morgan fingerprint density at radius 2 is 1.97 bits per heavy atom. The van der Waals surface area contributed by atoms with Gasteiger partial charge < -0.3 is 15.2 Å². The van der Waals surface area contributed by atoms with Gasteiger partial charge in [-0.15, -0.1) is 0 Å². The number of aliphatic carboxylic acids is 1. The van der Waals surface area contributed by atoms with Crippen LogP contribution in [0, 0.1) is 5.92 Å². The minimum atomic E-state index is -0.882. The molecule has 2 N–H and O–H groups in total. The lowest BCUT2D eigenvalue weighted by molar-refractivity contribution is -0.144. The number of amides is 1. The average Bonchev–Trinajstić information content (AvgIpc) is 2.87. The molecule has 1 aromatic heterocycles. The predicted molar refractivity (Wildman–Crippen MR) is 130 cm³/mol. The molecule has 1 amide bonds. The second-order valence-electron chi connectivity index (χ2n) is 9.34. The summed E-state index contributed by atoms with van der Waals surface area (Å²) in [6, 6.07) is 10.8. The lowest BCUT2D eigenvalue weighted by Gasteiger charge is -2.35. The van der Waals surface area contributed by atoms with Gasteiger partial charge in [0.1, 0.15) is 11.8 Å². The number of benzene rings is 1. The summed E-state index contributed by atoms with van der Waals surface area (Å²) in [5.41, 5.74) is 4.46. The van der Waals surface area contributed by atoms with Crippen LogP contribution < -0.4 is 10.1 Å². The van der Waals surface area contributed by atoms with Crippen LogP contribution >= 0.6 is 0 Å². The first-order valence-electron chi connectivity index (χ1n) is 12.4. The summed E-state index contributed by atoms with van der Waals surface area (Å²) in [5, 5.41) is 12.9. The maximum absolute atomic E-state index is 12.7. The Labute approximate surface area is 201 Å². The highest BCUT2D eigenvalue weighted by atomic mass is 16.5. The maximum Gasteiger partial charge on any atom is 0.325 e. The van der Waals surface area contributed by atoms with E-state index >= 15 is 0 Å². The number of carbonyl (C=O) groups is 2. The molecule has 1 atom stereocenters. The van der Waals surface area contributed by atoms with E-state index in [1.807, 2.05) is 17.0 Å². The average molecular weight is 466 g/mol. The van der Waals surface area contributed by atoms with Crippen LogP contribution in [0.1, 0.15) is 60.7 Å². The van der Waals surface area contributed by atoms with Crippen molar-refractivity contribution < 1.29 is 19.4 Å². The summed E-state index contributed by atoms with van der Waals surface area (Å²) < 4.78 is 5.25. The molecule has 0 radical (unpaired) electrons. The minimum Gasteiger partial charge on any atom is -0.497 e. The first kappa shape index (κ1) is 24.2. The Balaban J connectivity index is 1.22. The van der Waals surface area contributed by atoms with Crippen molar-refractivity contribution in [1.82, 2.24) is 15.2 Å². The molecule has 4 rings (SSSR count). The maximum atomic E-state index is 12.7. The highest BCUT2D eigenvalue weighted by molar-refractivity contribution is 5.79. The number of methoxy groups -OCH3 is 1. The van der Waals surface area contributed by atoms with Crippen LogP contribution in [0.2, 0.25) is 0 Å². The molecule has 182 valence electrons. The lowest BCUT2D eigenvalue weighted by atomic mass is 9.93. The second kappa shape index (κ2) is 11.5. The summed E-state index contributed by atoms with van der Waals surface area (Å²) in [4.78, 5) is 31.5. The third-order valence-corrected chi connectivity index (χ3v) is 7.05. The van der Waals surface area contributed by atoms with Crippen molar-refractivity contribution >= 4 is 11.9 Å². The van der Waals surface area contributed by atoms with Crippen molar-refractivity contribution in [2.24, 2.45) is 5.92 Å². The lowest BCUT2D eigenvalue weighted by Crippen LogP contribution is -2.44. The number of likely N-dealkylation sites (tertiary alicyclic amines) is 1. The van der Waals surface area contributed by atoms with Crippen LogP contribution in [0.15, 0.2) is 36.4 Å². The number of nitrogens with one attached hydrogen (secondary N) is 1. The van der Waals surface area contributed by atoms with E-state index in [2.05, 4.69) is 17.4 Å². The third-order valence-electron chi connectivity index (χ3n) is 7.05. The third kappa shape index (κ3) is 5.95. The smallest absolute Gasteiger partial charge is 0.325 e. The summed E-state index contributed by atoms with van der Waals surface area (Å²) in [7, 11) is 1.57. The van der Waals surface area contributed by atoms with Gasteiger partial charge in [-0.3, -0.25) is 19.5 Å². The zero-order valence-electron chi connectivity index (χ0n) is 20.0. The Hall–Kier alpha value is -2.93. The van der Waals surface area contributed by atoms with Crippen LogP contribution in [0.4, 0.5) is 0 Å². The molecule has 2 heterocycles. The number of fused-ring (bicyclic) bond motifs is 1. The van der Waals surface area contributed by atoms with E-state index in [-0.39, 0.29) is 11.8 Å². The van der Waals surface area contributed by atoms with Crippen LogP contribution in [-0.4, -0.2) is 53.6 Å². The van der Waals surface area contributed by atoms with Gasteiger partial charge in [-0.1, -0.05) is 18.2 Å². The van der Waals surface area contributed by atoms with Gasteiger partial charge in [0.15, 0.2) is 0 Å². The number of aromatic nitrogens is 1. The topological polar surface area (TPSA) is 91.8 Å². The quantitative estimate of drug-likeness (QED) is 0.551. The Morgan fingerprint density at radius 1 is 1.18 bits per heavy atom. The molecule has 1 saturated heterocycles. The fourth-order valence-electron chi connectivity index (χ4n) is 5.13. The molecule has 7 nitrogen and oxygen atoms in total. The van der Waals surface area contributed by atoms with Crippen LogP contribution in [0.25, 0.3) is 0 Å². The number of rotatable bonds is 9. The minimum absolute atomic E-state index is 0.0714. The molecule has 0 spiro atoms. The first-order chi connectivity index (χ1) is 16.5. The molecule has 1 unspecified atom stereocenters. The van der Waals surface area contributed by atoms with Crippen LogP contribution in [0.5, 0.6) is 5.75 Å². The molecule has 0 bridgehead atoms. The molecule has 7 heteroatoms. The highest BCUT2D eigenvalue weighted by Gasteiger charge is 2.33. The van der Waals surface area contributed by atoms with E-state index in [9.17, 15) is 14.7 Å². The van der Waals surface area contributed by atoms with Gasteiger partial charge in [-0.2, -0.15) is 0 Å². The molecule has 2 aliphatic rings. The molecule has 2 aromatic rings. The predicted octanol–water partition coefficient (Wildman–Crippen LogP) is 3.56. The molecule has 0 saturated carbocycles. The van der Waals surface area contributed by atoms with E-state index in [4.69, 9.17) is 9.72 Å². The number of piperidine rings is 1. The van der Waals surface area contributed by atoms with Gasteiger partial charge in [0.2, 0.25) is 5.91 Å². The van der Waals surface area contributed by atoms with Gasteiger partial charge in [-0.05, 0) is 80.7 Å². The number of carboxylic acids is 1. The number of ether oxygens (including phenoxy) is 1. The number of aryl methyl sites for hydroxylation is 3. The normalized spacial score (nSPS) is 17.6. The fourth-order valence-corrected chi connectivity index (χ4v) is 5.13. The molecule has 1 aliphatic carbocycles. The number of hydrogen-bond acceptors (Lipinski definition) is 5. The van der Waals surface area contributed by atoms with Crippen molar-refractivity contribution in [3.05, 3.63) is 58.9 Å². The Kier molecular flexibility index (Phi) is 8.16. The Bertz CT molecular complexity index is 1000. The van der Waals surface area contributed by atoms with Crippen LogP contribution in [0.3, 0.4) is 0 Å². The van der Waals surface area contributed by atoms with E-state index in [1.54, 1.807) is 19.2 Å². The molecule has 1 aliphatic heterocycles. The van der Waals surface area contributed by atoms with Gasteiger partial charge in [0.25, 0.3) is 0 Å². The monoisotopic (exact) mass is 465 g/mol. The van der Waals surface area contributed by atoms with Gasteiger partial charge in [-0.25, -0.2) is 0 Å². The second-order valence-corrected chi connectivity index (χ2v) is 9.34. The summed E-state index contributed by atoms with van der Waals surface area (Å²) in [6.45, 7) is 1.79. The fraction of sp³-hybridized carbons (Fsp3) is 0.519. The summed E-state index contributed by atoms with van der Waals surface area (Å²) in [5.74, 6) is -0.236. The van der Waals surface area contributed by atoms with Crippen molar-refractivity contribution in [2.45, 2.75) is 57.4 Å². The number of nitrogens with zero attached hydrogens (tertiary/aromatic N) is 2. The van der Waals surface area contributed by atoms with Crippen molar-refractivity contribution in [3.8, 4) is 5.75 Å². The first-order valence-corrected chi connectivity index (χ1v) is 12.4. The molecule has 34 heavy (non-hydrogen) atoms. The zero-order chi connectivity index (χ0) is 23.9. The standard InChI is InChI=1S/C27H35N3O4/c1-34-23-9-4-7-21(18-23)25(27(32)33)30-16-13-20(14-17-30)26(31)28-15-5-8-22-12-11-19-6-2-3-10-24(19)29-22/h4,7,9,11-12,18,20,25H,2-3,5-6,8,10,13-17H2,1H3,(H,28,31)(H,32,33). The zero-order valence-corrected chi connectivity index (χ0v) is 20.0. The van der Waals surface area contributed by atoms with Crippen LogP contribution in [-0.2, 0) is 28.9 Å². The molecular formula is C27H35N3O4. The van der Waals surface area contributed by atoms with E-state index in [0.717, 1.165) is 31.4 Å². The van der Waals surface area contributed by atoms with E-state index in [1.165, 1.54) is 24.1 Å². The number of carboxylic acid groups (broad SMARTS) is 1. The van der Waals surface area contributed by atoms with Crippen molar-refractivity contribution in [1.29, 1.82) is 0 Å². The number of hydrogen-bond donors (Lipinski definition) is 2. The van der Waals surface area contributed by atoms with Gasteiger partial charge in [0.05, 0.1) is 7.11 Å². The largest absolute Gasteiger partial charge is 0.497 e. The Morgan fingerprint density at radius 3 is 2.74 bits per heavy atom.